The van der Waals surface area contributed by atoms with Crippen LogP contribution in [-0.4, -0.2) is 30.4 Å². The number of nitrogens with zero attached hydrogens (tertiary/aromatic N) is 2. The summed E-state index contributed by atoms with van der Waals surface area (Å²) >= 11 is 1.61. The highest BCUT2D eigenvalue weighted by molar-refractivity contribution is 7.16. The molecule has 1 aliphatic heterocycles. The molecule has 0 saturated carbocycles. The fourth-order valence-corrected chi connectivity index (χ4v) is 5.00. The lowest BCUT2D eigenvalue weighted by Crippen LogP contribution is -2.33. The van der Waals surface area contributed by atoms with Crippen molar-refractivity contribution in [3.63, 3.8) is 0 Å². The second kappa shape index (κ2) is 7.46. The van der Waals surface area contributed by atoms with Crippen molar-refractivity contribution in [3.8, 4) is 6.07 Å². The number of carbonyl (C=O) groups is 1. The summed E-state index contributed by atoms with van der Waals surface area (Å²) in [5.74, 6) is 0.698. The second-order valence-corrected chi connectivity index (χ2v) is 8.01. The number of hydrogen-bond acceptors (Lipinski definition) is 4. The predicted octanol–water partition coefficient (Wildman–Crippen LogP) is 3.56. The number of rotatable bonds is 3. The summed E-state index contributed by atoms with van der Waals surface area (Å²) in [5.41, 5.74) is 1.89. The highest BCUT2D eigenvalue weighted by Crippen LogP contribution is 2.39. The number of anilines is 1. The van der Waals surface area contributed by atoms with E-state index in [9.17, 15) is 10.1 Å². The quantitative estimate of drug-likeness (QED) is 0.921. The highest BCUT2D eigenvalue weighted by atomic mass is 32.1. The van der Waals surface area contributed by atoms with E-state index in [0.717, 1.165) is 37.4 Å². The van der Waals surface area contributed by atoms with Crippen molar-refractivity contribution in [3.05, 3.63) is 16.0 Å². The normalized spacial score (nSPS) is 22.0. The number of fused-ring (bicyclic) bond motifs is 1. The summed E-state index contributed by atoms with van der Waals surface area (Å²) in [4.78, 5) is 15.9. The Labute approximate surface area is 142 Å². The summed E-state index contributed by atoms with van der Waals surface area (Å²) in [6.07, 6.45) is 8.05. The minimum Gasteiger partial charge on any atom is -0.315 e. The lowest BCUT2D eigenvalue weighted by Gasteiger charge is -2.18. The van der Waals surface area contributed by atoms with Crippen LogP contribution in [0.3, 0.4) is 0 Å². The first-order valence-electron chi connectivity index (χ1n) is 8.74. The van der Waals surface area contributed by atoms with Crippen molar-refractivity contribution in [2.75, 3.05) is 25.0 Å². The number of hydrogen-bond donors (Lipinski definition) is 1. The zero-order chi connectivity index (χ0) is 16.2. The van der Waals surface area contributed by atoms with Gasteiger partial charge >= 0.3 is 0 Å². The summed E-state index contributed by atoms with van der Waals surface area (Å²) < 4.78 is 0. The predicted molar refractivity (Wildman–Crippen MR) is 93.8 cm³/mol. The Morgan fingerprint density at radius 3 is 2.78 bits per heavy atom. The Kier molecular flexibility index (Phi) is 5.34. The lowest BCUT2D eigenvalue weighted by molar-refractivity contribution is -0.117. The molecule has 0 aromatic carbocycles. The topological polar surface area (TPSA) is 56.1 Å². The van der Waals surface area contributed by atoms with E-state index in [0.29, 0.717) is 18.0 Å². The molecule has 1 aliphatic carbocycles. The Morgan fingerprint density at radius 1 is 1.35 bits per heavy atom. The number of thiophene rings is 1. The van der Waals surface area contributed by atoms with E-state index in [1.165, 1.54) is 36.1 Å². The van der Waals surface area contributed by atoms with Crippen molar-refractivity contribution in [2.24, 2.45) is 5.92 Å². The molecule has 23 heavy (non-hydrogen) atoms. The minimum absolute atomic E-state index is 0.0232. The van der Waals surface area contributed by atoms with Gasteiger partial charge in [0.2, 0.25) is 5.91 Å². The van der Waals surface area contributed by atoms with Crippen molar-refractivity contribution in [1.29, 1.82) is 5.26 Å². The highest BCUT2D eigenvalue weighted by Gasteiger charge is 2.25. The maximum Gasteiger partial charge on any atom is 0.239 e. The van der Waals surface area contributed by atoms with Crippen LogP contribution in [0.1, 0.15) is 55.0 Å². The zero-order valence-corrected chi connectivity index (χ0v) is 14.7. The van der Waals surface area contributed by atoms with Crippen molar-refractivity contribution < 1.29 is 4.79 Å². The molecule has 1 amide bonds. The molecule has 0 spiro atoms. The molecule has 3 rings (SSSR count). The largest absolute Gasteiger partial charge is 0.315 e. The third kappa shape index (κ3) is 3.94. The van der Waals surface area contributed by atoms with Crippen molar-refractivity contribution in [1.82, 2.24) is 4.90 Å². The third-order valence-electron chi connectivity index (χ3n) is 4.94. The maximum absolute atomic E-state index is 12.4. The van der Waals surface area contributed by atoms with E-state index in [2.05, 4.69) is 23.2 Å². The van der Waals surface area contributed by atoms with Crippen LogP contribution in [0.4, 0.5) is 5.00 Å². The van der Waals surface area contributed by atoms with Gasteiger partial charge in [-0.15, -0.1) is 11.3 Å². The van der Waals surface area contributed by atoms with Crippen molar-refractivity contribution in [2.45, 2.75) is 51.9 Å². The van der Waals surface area contributed by atoms with Crippen LogP contribution in [0.15, 0.2) is 0 Å². The number of nitriles is 1. The molecule has 5 heteroatoms. The molecule has 0 bridgehead atoms. The number of amides is 1. The van der Waals surface area contributed by atoms with Crippen LogP contribution in [0.25, 0.3) is 0 Å². The van der Waals surface area contributed by atoms with Gasteiger partial charge in [0.1, 0.15) is 11.1 Å². The number of carbonyl (C=O) groups excluding carboxylic acids is 1. The Morgan fingerprint density at radius 2 is 2.09 bits per heavy atom. The fraction of sp³-hybridized carbons (Fsp3) is 0.667. The first kappa shape index (κ1) is 16.5. The van der Waals surface area contributed by atoms with Gasteiger partial charge in [-0.05, 0) is 56.7 Å². The SMILES string of the molecule is C[C@H]1CCc2c(sc(NC(=O)CN3CCCCCC3)c2C#N)C1. The van der Waals surface area contributed by atoms with Gasteiger partial charge in [0.15, 0.2) is 0 Å². The van der Waals surface area contributed by atoms with Crippen LogP contribution in [0.5, 0.6) is 0 Å². The maximum atomic E-state index is 12.4. The zero-order valence-electron chi connectivity index (χ0n) is 13.9. The van der Waals surface area contributed by atoms with E-state index in [1.54, 1.807) is 11.3 Å². The molecule has 4 nitrogen and oxygen atoms in total. The monoisotopic (exact) mass is 331 g/mol. The van der Waals surface area contributed by atoms with Crippen LogP contribution >= 0.6 is 11.3 Å². The van der Waals surface area contributed by atoms with Gasteiger partial charge in [-0.3, -0.25) is 9.69 Å². The molecule has 1 fully saturated rings. The van der Waals surface area contributed by atoms with E-state index >= 15 is 0 Å². The van der Waals surface area contributed by atoms with Crippen LogP contribution in [0, 0.1) is 17.2 Å². The van der Waals surface area contributed by atoms with Crippen LogP contribution < -0.4 is 5.32 Å². The molecule has 1 atom stereocenters. The average molecular weight is 331 g/mol. The minimum atomic E-state index is 0.0232. The molecular weight excluding hydrogens is 306 g/mol. The van der Waals surface area contributed by atoms with Gasteiger partial charge in [0.25, 0.3) is 0 Å². The number of nitrogens with one attached hydrogen (secondary N) is 1. The third-order valence-corrected chi connectivity index (χ3v) is 6.11. The standard InChI is InChI=1S/C18H25N3OS/c1-13-6-7-14-15(11-19)18(23-16(14)10-13)20-17(22)12-21-8-4-2-3-5-9-21/h13H,2-10,12H2,1H3,(H,20,22)/t13-/m0/s1. The first-order chi connectivity index (χ1) is 11.2. The van der Waals surface area contributed by atoms with Gasteiger partial charge < -0.3 is 5.32 Å². The summed E-state index contributed by atoms with van der Waals surface area (Å²) in [6, 6.07) is 2.32. The molecule has 0 unspecified atom stereocenters. The fourth-order valence-electron chi connectivity index (χ4n) is 3.62. The van der Waals surface area contributed by atoms with Gasteiger partial charge in [-0.2, -0.15) is 5.26 Å². The molecule has 0 radical (unpaired) electrons. The molecule has 1 aromatic rings. The van der Waals surface area contributed by atoms with E-state index in [-0.39, 0.29) is 5.91 Å². The second-order valence-electron chi connectivity index (χ2n) is 6.91. The van der Waals surface area contributed by atoms with Crippen LogP contribution in [-0.2, 0) is 17.6 Å². The molecule has 2 aliphatic rings. The van der Waals surface area contributed by atoms with Gasteiger partial charge in [-0.1, -0.05) is 19.8 Å². The van der Waals surface area contributed by atoms with Gasteiger partial charge in [0.05, 0.1) is 12.1 Å². The summed E-state index contributed by atoms with van der Waals surface area (Å²) in [6.45, 7) is 4.73. The Bertz CT molecular complexity index is 609. The molecule has 1 aromatic heterocycles. The van der Waals surface area contributed by atoms with E-state index < -0.39 is 0 Å². The van der Waals surface area contributed by atoms with E-state index in [1.807, 2.05) is 0 Å². The first-order valence-corrected chi connectivity index (χ1v) is 9.56. The van der Waals surface area contributed by atoms with Gasteiger partial charge in [-0.25, -0.2) is 0 Å². The molecular formula is C18H25N3OS. The summed E-state index contributed by atoms with van der Waals surface area (Å²) in [7, 11) is 0. The summed E-state index contributed by atoms with van der Waals surface area (Å²) in [5, 5.41) is 13.3. The molecule has 1 saturated heterocycles. The Hall–Kier alpha value is -1.38. The van der Waals surface area contributed by atoms with Crippen molar-refractivity contribution >= 4 is 22.2 Å². The van der Waals surface area contributed by atoms with Gasteiger partial charge in [0, 0.05) is 4.88 Å². The lowest BCUT2D eigenvalue weighted by atomic mass is 9.89. The molecule has 2 heterocycles. The number of likely N-dealkylation sites (tertiary alicyclic amines) is 1. The average Bonchev–Trinajstić information content (AvgIpc) is 2.68. The molecule has 124 valence electrons. The Balaban J connectivity index is 1.67. The molecule has 1 N–H and O–H groups in total. The smallest absolute Gasteiger partial charge is 0.239 e. The van der Waals surface area contributed by atoms with Crippen LogP contribution in [0.2, 0.25) is 0 Å². The van der Waals surface area contributed by atoms with E-state index in [4.69, 9.17) is 0 Å².